The van der Waals surface area contributed by atoms with Gasteiger partial charge >= 0.3 is 0 Å². The largest absolute Gasteiger partial charge is 0.492 e. The summed E-state index contributed by atoms with van der Waals surface area (Å²) >= 11 is 6.20. The van der Waals surface area contributed by atoms with Crippen LogP contribution in [0.25, 0.3) is 0 Å². The molecule has 2 aromatic rings. The number of halogens is 2. The molecule has 1 N–H and O–H groups in total. The molecule has 0 radical (unpaired) electrons. The van der Waals surface area contributed by atoms with Crippen molar-refractivity contribution < 1.29 is 9.13 Å². The molecule has 0 aliphatic rings. The molecule has 0 amide bonds. The molecule has 118 valence electrons. The van der Waals surface area contributed by atoms with Gasteiger partial charge in [-0.25, -0.2) is 4.39 Å². The van der Waals surface area contributed by atoms with Gasteiger partial charge in [0.1, 0.15) is 11.6 Å². The summed E-state index contributed by atoms with van der Waals surface area (Å²) < 4.78 is 18.4. The highest BCUT2D eigenvalue weighted by molar-refractivity contribution is 6.32. The Morgan fingerprint density at radius 3 is 2.50 bits per heavy atom. The minimum atomic E-state index is -0.197. The fraction of sp³-hybridized carbons (Fsp3) is 0.333. The number of nitrogens with one attached hydrogen (secondary N) is 1. The number of ether oxygens (including phenoxy) is 1. The van der Waals surface area contributed by atoms with E-state index >= 15 is 0 Å². The Kier molecular flexibility index (Phi) is 6.69. The van der Waals surface area contributed by atoms with Crippen molar-refractivity contribution in [2.45, 2.75) is 26.3 Å². The standard InChI is InChI=1S/C18H21ClFNO/c1-2-11-22-18-8-5-15(12-17(18)19)13-21-10-9-14-3-6-16(20)7-4-14/h3-8,12,21H,2,9-11,13H2,1H3. The van der Waals surface area contributed by atoms with Crippen LogP contribution in [0, 0.1) is 5.82 Å². The third kappa shape index (κ3) is 5.32. The fourth-order valence-electron chi connectivity index (χ4n) is 2.10. The summed E-state index contributed by atoms with van der Waals surface area (Å²) in [5.74, 6) is 0.537. The maximum absolute atomic E-state index is 12.8. The Hall–Kier alpha value is -1.58. The molecule has 2 rings (SSSR count). The Balaban J connectivity index is 1.77. The second-order valence-corrected chi connectivity index (χ2v) is 5.57. The van der Waals surface area contributed by atoms with Crippen LogP contribution >= 0.6 is 11.6 Å². The van der Waals surface area contributed by atoms with Gasteiger partial charge in [0, 0.05) is 6.54 Å². The van der Waals surface area contributed by atoms with E-state index in [0.29, 0.717) is 11.6 Å². The summed E-state index contributed by atoms with van der Waals surface area (Å²) in [6.45, 7) is 4.31. The van der Waals surface area contributed by atoms with Crippen LogP contribution in [-0.2, 0) is 13.0 Å². The first-order chi connectivity index (χ1) is 10.7. The Morgan fingerprint density at radius 1 is 1.09 bits per heavy atom. The molecule has 4 heteroatoms. The molecule has 0 unspecified atom stereocenters. The summed E-state index contributed by atoms with van der Waals surface area (Å²) in [4.78, 5) is 0. The first-order valence-electron chi connectivity index (χ1n) is 7.55. The molecule has 0 aliphatic heterocycles. The van der Waals surface area contributed by atoms with E-state index in [-0.39, 0.29) is 5.82 Å². The minimum absolute atomic E-state index is 0.197. The molecule has 0 atom stereocenters. The molecule has 0 spiro atoms. The maximum Gasteiger partial charge on any atom is 0.137 e. The monoisotopic (exact) mass is 321 g/mol. The van der Waals surface area contributed by atoms with Gasteiger partial charge in [0.15, 0.2) is 0 Å². The highest BCUT2D eigenvalue weighted by atomic mass is 35.5. The minimum Gasteiger partial charge on any atom is -0.492 e. The molecule has 0 fully saturated rings. The normalized spacial score (nSPS) is 10.7. The van der Waals surface area contributed by atoms with Crippen molar-refractivity contribution in [3.8, 4) is 5.75 Å². The number of hydrogen-bond acceptors (Lipinski definition) is 2. The van der Waals surface area contributed by atoms with Crippen LogP contribution < -0.4 is 10.1 Å². The zero-order valence-electron chi connectivity index (χ0n) is 12.7. The van der Waals surface area contributed by atoms with Crippen LogP contribution in [0.15, 0.2) is 42.5 Å². The van der Waals surface area contributed by atoms with Crippen LogP contribution in [0.2, 0.25) is 5.02 Å². The van der Waals surface area contributed by atoms with Gasteiger partial charge in [-0.2, -0.15) is 0 Å². The third-order valence-electron chi connectivity index (χ3n) is 3.29. The molecular formula is C18H21ClFNO. The zero-order chi connectivity index (χ0) is 15.8. The van der Waals surface area contributed by atoms with E-state index in [1.165, 1.54) is 12.1 Å². The molecule has 2 aromatic carbocycles. The van der Waals surface area contributed by atoms with Crippen molar-refractivity contribution in [3.63, 3.8) is 0 Å². The average molecular weight is 322 g/mol. The van der Waals surface area contributed by atoms with Gasteiger partial charge in [0.2, 0.25) is 0 Å². The van der Waals surface area contributed by atoms with Gasteiger partial charge in [0.25, 0.3) is 0 Å². The van der Waals surface area contributed by atoms with Crippen molar-refractivity contribution >= 4 is 11.6 Å². The zero-order valence-corrected chi connectivity index (χ0v) is 13.5. The number of hydrogen-bond donors (Lipinski definition) is 1. The summed E-state index contributed by atoms with van der Waals surface area (Å²) in [6.07, 6.45) is 1.83. The first kappa shape index (κ1) is 16.8. The molecule has 2 nitrogen and oxygen atoms in total. The van der Waals surface area contributed by atoms with Gasteiger partial charge in [-0.15, -0.1) is 0 Å². The predicted octanol–water partition coefficient (Wildman–Crippen LogP) is 4.60. The van der Waals surface area contributed by atoms with E-state index in [2.05, 4.69) is 12.2 Å². The van der Waals surface area contributed by atoms with Crippen LogP contribution in [0.4, 0.5) is 4.39 Å². The summed E-state index contributed by atoms with van der Waals surface area (Å²) in [6, 6.07) is 12.5. The van der Waals surface area contributed by atoms with Gasteiger partial charge in [0.05, 0.1) is 11.6 Å². The van der Waals surface area contributed by atoms with E-state index in [1.807, 2.05) is 30.3 Å². The SMILES string of the molecule is CCCOc1ccc(CNCCc2ccc(F)cc2)cc1Cl. The van der Waals surface area contributed by atoms with E-state index in [1.54, 1.807) is 0 Å². The maximum atomic E-state index is 12.8. The highest BCUT2D eigenvalue weighted by Gasteiger charge is 2.03. The van der Waals surface area contributed by atoms with E-state index in [4.69, 9.17) is 16.3 Å². The molecule has 22 heavy (non-hydrogen) atoms. The summed E-state index contributed by atoms with van der Waals surface area (Å²) in [7, 11) is 0. The van der Waals surface area contributed by atoms with Gasteiger partial charge in [-0.05, 0) is 54.8 Å². The lowest BCUT2D eigenvalue weighted by molar-refractivity contribution is 0.317. The van der Waals surface area contributed by atoms with Crippen LogP contribution in [0.3, 0.4) is 0 Å². The molecule has 0 heterocycles. The van der Waals surface area contributed by atoms with Gasteiger partial charge in [-0.3, -0.25) is 0 Å². The average Bonchev–Trinajstić information content (AvgIpc) is 2.52. The van der Waals surface area contributed by atoms with E-state index in [9.17, 15) is 4.39 Å². The van der Waals surface area contributed by atoms with Crippen LogP contribution in [-0.4, -0.2) is 13.2 Å². The predicted molar refractivity (Wildman–Crippen MR) is 89.0 cm³/mol. The van der Waals surface area contributed by atoms with Crippen LogP contribution in [0.1, 0.15) is 24.5 Å². The van der Waals surface area contributed by atoms with Crippen molar-refractivity contribution in [2.24, 2.45) is 0 Å². The second-order valence-electron chi connectivity index (χ2n) is 5.17. The number of benzene rings is 2. The van der Waals surface area contributed by atoms with Gasteiger partial charge in [-0.1, -0.05) is 36.7 Å². The van der Waals surface area contributed by atoms with E-state index in [0.717, 1.165) is 42.8 Å². The Labute approximate surface area is 136 Å². The molecule has 0 aliphatic carbocycles. The third-order valence-corrected chi connectivity index (χ3v) is 3.59. The quantitative estimate of drug-likeness (QED) is 0.717. The first-order valence-corrected chi connectivity index (χ1v) is 7.93. The summed E-state index contributed by atoms with van der Waals surface area (Å²) in [5.41, 5.74) is 2.24. The molecule has 0 aromatic heterocycles. The smallest absolute Gasteiger partial charge is 0.137 e. The Morgan fingerprint density at radius 2 is 1.82 bits per heavy atom. The van der Waals surface area contributed by atoms with Gasteiger partial charge < -0.3 is 10.1 Å². The molecule has 0 saturated heterocycles. The summed E-state index contributed by atoms with van der Waals surface area (Å²) in [5, 5.41) is 4.01. The van der Waals surface area contributed by atoms with Crippen molar-refractivity contribution in [3.05, 3.63) is 64.4 Å². The van der Waals surface area contributed by atoms with Crippen molar-refractivity contribution in [2.75, 3.05) is 13.2 Å². The topological polar surface area (TPSA) is 21.3 Å². The molecule has 0 saturated carbocycles. The second kappa shape index (κ2) is 8.76. The van der Waals surface area contributed by atoms with Crippen LogP contribution in [0.5, 0.6) is 5.75 Å². The lowest BCUT2D eigenvalue weighted by atomic mass is 10.1. The Bertz CT molecular complexity index is 586. The van der Waals surface area contributed by atoms with Crippen molar-refractivity contribution in [1.29, 1.82) is 0 Å². The molecule has 0 bridgehead atoms. The lowest BCUT2D eigenvalue weighted by Crippen LogP contribution is -2.16. The highest BCUT2D eigenvalue weighted by Crippen LogP contribution is 2.25. The van der Waals surface area contributed by atoms with E-state index < -0.39 is 0 Å². The van der Waals surface area contributed by atoms with Crippen molar-refractivity contribution in [1.82, 2.24) is 5.32 Å². The molecular weight excluding hydrogens is 301 g/mol. The fourth-order valence-corrected chi connectivity index (χ4v) is 2.36. The lowest BCUT2D eigenvalue weighted by Gasteiger charge is -2.09. The number of rotatable bonds is 8.